The Kier molecular flexibility index (Phi) is 3.70. The van der Waals surface area contributed by atoms with Crippen molar-refractivity contribution in [2.45, 2.75) is 37.4 Å². The largest absolute Gasteiger partial charge is 0.405 e. The van der Waals surface area contributed by atoms with Crippen LogP contribution in [0.25, 0.3) is 0 Å². The van der Waals surface area contributed by atoms with Crippen LogP contribution in [-0.2, 0) is 4.74 Å². The summed E-state index contributed by atoms with van der Waals surface area (Å²) in [7, 11) is 0. The van der Waals surface area contributed by atoms with Crippen LogP contribution < -0.4 is 10.6 Å². The van der Waals surface area contributed by atoms with Crippen LogP contribution in [0.5, 0.6) is 0 Å². The molecule has 1 saturated carbocycles. The minimum atomic E-state index is -4.38. The minimum absolute atomic E-state index is 0.367. The third kappa shape index (κ3) is 3.51. The summed E-state index contributed by atoms with van der Waals surface area (Å²) >= 11 is 0. The molecule has 0 bridgehead atoms. The zero-order valence-electron chi connectivity index (χ0n) is 9.98. The van der Waals surface area contributed by atoms with Gasteiger partial charge in [0, 0.05) is 18.8 Å². The highest BCUT2D eigenvalue weighted by Gasteiger charge is 2.47. The summed E-state index contributed by atoms with van der Waals surface area (Å²) in [5.41, 5.74) is -0.367. The minimum Gasteiger partial charge on any atom is -0.381 e. The van der Waals surface area contributed by atoms with Gasteiger partial charge in [-0.3, -0.25) is 0 Å². The molecule has 0 aromatic carbocycles. The zero-order chi connectivity index (χ0) is 13.2. The number of carbonyl (C=O) groups excluding carboxylic acids is 1. The Labute approximate surface area is 103 Å². The second-order valence-electron chi connectivity index (χ2n) is 4.97. The van der Waals surface area contributed by atoms with Crippen molar-refractivity contribution in [2.75, 3.05) is 19.8 Å². The Balaban J connectivity index is 1.87. The van der Waals surface area contributed by atoms with Gasteiger partial charge in [0.1, 0.15) is 6.54 Å². The van der Waals surface area contributed by atoms with Crippen molar-refractivity contribution >= 4 is 6.03 Å². The van der Waals surface area contributed by atoms with Crippen LogP contribution in [0, 0.1) is 5.92 Å². The first kappa shape index (κ1) is 13.5. The molecule has 0 spiro atoms. The van der Waals surface area contributed by atoms with Gasteiger partial charge in [-0.05, 0) is 31.6 Å². The van der Waals surface area contributed by atoms with Crippen molar-refractivity contribution in [3.63, 3.8) is 0 Å². The summed E-state index contributed by atoms with van der Waals surface area (Å²) in [5.74, 6) is 0.387. The fraction of sp³-hybridized carbons (Fsp3) is 0.909. The molecule has 104 valence electrons. The smallest absolute Gasteiger partial charge is 0.381 e. The number of halogens is 3. The topological polar surface area (TPSA) is 50.4 Å². The van der Waals surface area contributed by atoms with Crippen molar-refractivity contribution < 1.29 is 22.7 Å². The molecule has 1 aliphatic heterocycles. The fourth-order valence-electron chi connectivity index (χ4n) is 2.46. The molecular formula is C11H17F3N2O2. The average Bonchev–Trinajstić information content (AvgIpc) is 3.11. The van der Waals surface area contributed by atoms with Gasteiger partial charge >= 0.3 is 12.2 Å². The van der Waals surface area contributed by atoms with E-state index in [4.69, 9.17) is 4.74 Å². The van der Waals surface area contributed by atoms with Crippen molar-refractivity contribution in [2.24, 2.45) is 5.92 Å². The van der Waals surface area contributed by atoms with Gasteiger partial charge < -0.3 is 15.4 Å². The summed E-state index contributed by atoms with van der Waals surface area (Å²) in [5, 5.41) is 4.60. The molecule has 0 atom stereocenters. The van der Waals surface area contributed by atoms with Gasteiger partial charge in [0.05, 0.1) is 0 Å². The molecule has 1 heterocycles. The maximum Gasteiger partial charge on any atom is 0.405 e. The maximum absolute atomic E-state index is 12.0. The molecule has 2 rings (SSSR count). The number of amides is 2. The first-order chi connectivity index (χ1) is 8.41. The number of hydrogen-bond donors (Lipinski definition) is 2. The number of nitrogens with one attached hydrogen (secondary N) is 2. The lowest BCUT2D eigenvalue weighted by Gasteiger charge is -2.38. The van der Waals surface area contributed by atoms with Gasteiger partial charge in [-0.1, -0.05) is 0 Å². The van der Waals surface area contributed by atoms with Crippen LogP contribution in [0.15, 0.2) is 0 Å². The van der Waals surface area contributed by atoms with Gasteiger partial charge in [-0.25, -0.2) is 4.79 Å². The summed E-state index contributed by atoms with van der Waals surface area (Å²) in [6.07, 6.45) is -0.965. The van der Waals surface area contributed by atoms with E-state index < -0.39 is 18.8 Å². The highest BCUT2D eigenvalue weighted by molar-refractivity contribution is 5.75. The van der Waals surface area contributed by atoms with Crippen LogP contribution in [0.2, 0.25) is 0 Å². The quantitative estimate of drug-likeness (QED) is 0.818. The molecule has 0 unspecified atom stereocenters. The van der Waals surface area contributed by atoms with Crippen molar-refractivity contribution in [3.8, 4) is 0 Å². The van der Waals surface area contributed by atoms with E-state index >= 15 is 0 Å². The second kappa shape index (κ2) is 4.95. The van der Waals surface area contributed by atoms with Crippen LogP contribution in [-0.4, -0.2) is 37.5 Å². The Morgan fingerprint density at radius 2 is 1.89 bits per heavy atom. The number of rotatable bonds is 3. The van der Waals surface area contributed by atoms with E-state index in [1.807, 2.05) is 5.32 Å². The molecule has 0 radical (unpaired) electrons. The predicted molar refractivity (Wildman–Crippen MR) is 58.1 cm³/mol. The number of hydrogen-bond acceptors (Lipinski definition) is 2. The van der Waals surface area contributed by atoms with E-state index in [0.29, 0.717) is 32.0 Å². The molecule has 2 aliphatic rings. The van der Waals surface area contributed by atoms with Gasteiger partial charge in [-0.15, -0.1) is 0 Å². The highest BCUT2D eigenvalue weighted by atomic mass is 19.4. The molecule has 4 nitrogen and oxygen atoms in total. The molecule has 0 aromatic heterocycles. The number of urea groups is 1. The van der Waals surface area contributed by atoms with E-state index in [0.717, 1.165) is 12.8 Å². The molecule has 2 N–H and O–H groups in total. The van der Waals surface area contributed by atoms with E-state index in [1.54, 1.807) is 0 Å². The molecule has 2 fully saturated rings. The molecule has 1 saturated heterocycles. The van der Waals surface area contributed by atoms with Crippen molar-refractivity contribution in [1.82, 2.24) is 10.6 Å². The SMILES string of the molecule is O=C(NCC(F)(F)F)NC1(C2CC2)CCOCC1. The van der Waals surface area contributed by atoms with Crippen molar-refractivity contribution in [1.29, 1.82) is 0 Å². The predicted octanol–water partition coefficient (Wildman–Crippen LogP) is 1.81. The standard InChI is InChI=1S/C11H17F3N2O2/c12-11(13,14)7-15-9(17)16-10(8-1-2-8)3-5-18-6-4-10/h8H,1-7H2,(H2,15,16,17). The first-order valence-corrected chi connectivity index (χ1v) is 6.12. The third-order valence-corrected chi connectivity index (χ3v) is 3.56. The molecule has 0 aromatic rings. The van der Waals surface area contributed by atoms with Crippen LogP contribution in [0.1, 0.15) is 25.7 Å². The average molecular weight is 266 g/mol. The lowest BCUT2D eigenvalue weighted by Crippen LogP contribution is -2.57. The molecule has 1 aliphatic carbocycles. The summed E-state index contributed by atoms with van der Waals surface area (Å²) < 4.78 is 41.2. The normalized spacial score (nSPS) is 23.5. The number of alkyl halides is 3. The van der Waals surface area contributed by atoms with Gasteiger partial charge in [0.25, 0.3) is 0 Å². The molecule has 18 heavy (non-hydrogen) atoms. The highest BCUT2D eigenvalue weighted by Crippen LogP contribution is 2.44. The van der Waals surface area contributed by atoms with E-state index in [9.17, 15) is 18.0 Å². The molecular weight excluding hydrogens is 249 g/mol. The van der Waals surface area contributed by atoms with E-state index in [-0.39, 0.29) is 5.54 Å². The fourth-order valence-corrected chi connectivity index (χ4v) is 2.46. The van der Waals surface area contributed by atoms with Crippen molar-refractivity contribution in [3.05, 3.63) is 0 Å². The van der Waals surface area contributed by atoms with Gasteiger partial charge in [0.2, 0.25) is 0 Å². The number of ether oxygens (including phenoxy) is 1. The van der Waals surface area contributed by atoms with Crippen LogP contribution in [0.4, 0.5) is 18.0 Å². The Hall–Kier alpha value is -0.980. The van der Waals surface area contributed by atoms with E-state index in [2.05, 4.69) is 5.32 Å². The maximum atomic E-state index is 12.0. The molecule has 2 amide bonds. The van der Waals surface area contributed by atoms with Gasteiger partial charge in [-0.2, -0.15) is 13.2 Å². The lowest BCUT2D eigenvalue weighted by atomic mass is 9.85. The van der Waals surface area contributed by atoms with Crippen LogP contribution >= 0.6 is 0 Å². The second-order valence-corrected chi connectivity index (χ2v) is 4.97. The lowest BCUT2D eigenvalue weighted by molar-refractivity contribution is -0.122. The Morgan fingerprint density at radius 1 is 1.28 bits per heavy atom. The zero-order valence-corrected chi connectivity index (χ0v) is 9.98. The summed E-state index contributed by atoms with van der Waals surface area (Å²) in [4.78, 5) is 11.5. The Morgan fingerprint density at radius 3 is 2.39 bits per heavy atom. The monoisotopic (exact) mass is 266 g/mol. The van der Waals surface area contributed by atoms with Gasteiger partial charge in [0.15, 0.2) is 0 Å². The summed E-state index contributed by atoms with van der Waals surface area (Å²) in [6, 6.07) is -0.735. The first-order valence-electron chi connectivity index (χ1n) is 6.12. The number of carbonyl (C=O) groups is 1. The Bertz CT molecular complexity index is 310. The third-order valence-electron chi connectivity index (χ3n) is 3.56. The summed E-state index contributed by atoms with van der Waals surface area (Å²) in [6.45, 7) is -0.192. The van der Waals surface area contributed by atoms with Crippen LogP contribution in [0.3, 0.4) is 0 Å². The van der Waals surface area contributed by atoms with E-state index in [1.165, 1.54) is 0 Å². The molecule has 7 heteroatoms.